The molecule has 0 radical (unpaired) electrons. The average Bonchev–Trinajstić information content (AvgIpc) is 3.09. The van der Waals surface area contributed by atoms with Crippen molar-refractivity contribution in [2.24, 2.45) is 4.99 Å². The van der Waals surface area contributed by atoms with Gasteiger partial charge in [-0.3, -0.25) is 4.99 Å². The quantitative estimate of drug-likeness (QED) is 0.698. The Kier molecular flexibility index (Phi) is 3.72. The molecule has 0 bridgehead atoms. The van der Waals surface area contributed by atoms with E-state index in [9.17, 15) is 0 Å². The Morgan fingerprint density at radius 3 is 2.75 bits per heavy atom. The summed E-state index contributed by atoms with van der Waals surface area (Å²) >= 11 is 0. The van der Waals surface area contributed by atoms with Crippen LogP contribution in [0.15, 0.2) is 41.7 Å². The summed E-state index contributed by atoms with van der Waals surface area (Å²) in [5.74, 6) is 0. The molecular weight excluding hydrogens is 244 g/mol. The Labute approximate surface area is 121 Å². The summed E-state index contributed by atoms with van der Waals surface area (Å²) in [5, 5.41) is 0. The summed E-state index contributed by atoms with van der Waals surface area (Å²) in [4.78, 5) is 4.64. The van der Waals surface area contributed by atoms with Gasteiger partial charge in [-0.2, -0.15) is 0 Å². The third-order valence-corrected chi connectivity index (χ3v) is 4.20. The van der Waals surface area contributed by atoms with Crippen LogP contribution in [0.25, 0.3) is 0 Å². The molecule has 0 amide bonds. The van der Waals surface area contributed by atoms with E-state index in [0.717, 1.165) is 5.69 Å². The van der Waals surface area contributed by atoms with Gasteiger partial charge in [0.05, 0.1) is 5.69 Å². The maximum atomic E-state index is 4.64. The molecule has 104 valence electrons. The first-order chi connectivity index (χ1) is 9.72. The molecule has 1 heterocycles. The van der Waals surface area contributed by atoms with Crippen LogP contribution in [-0.2, 0) is 0 Å². The van der Waals surface area contributed by atoms with Crippen molar-refractivity contribution in [1.29, 1.82) is 0 Å². The number of aryl methyl sites for hydroxylation is 2. The number of nitrogens with zero attached hydrogens (tertiary/aromatic N) is 2. The first-order valence-corrected chi connectivity index (χ1v) is 7.51. The second kappa shape index (κ2) is 5.66. The molecule has 20 heavy (non-hydrogen) atoms. The molecule has 1 aromatic carbocycles. The number of aromatic nitrogens is 1. The summed E-state index contributed by atoms with van der Waals surface area (Å²) in [6.07, 6.45) is 11.8. The molecule has 0 atom stereocenters. The molecule has 0 spiro atoms. The third kappa shape index (κ3) is 2.84. The Morgan fingerprint density at radius 1 is 1.15 bits per heavy atom. The number of benzene rings is 1. The third-order valence-electron chi connectivity index (χ3n) is 4.20. The van der Waals surface area contributed by atoms with Crippen molar-refractivity contribution in [1.82, 2.24) is 4.57 Å². The first-order valence-electron chi connectivity index (χ1n) is 7.51. The van der Waals surface area contributed by atoms with Gasteiger partial charge in [-0.25, -0.2) is 0 Å². The average molecular weight is 266 g/mol. The molecule has 2 aromatic rings. The second-order valence-electron chi connectivity index (χ2n) is 5.88. The predicted molar refractivity (Wildman–Crippen MR) is 85.1 cm³/mol. The van der Waals surface area contributed by atoms with Gasteiger partial charge in [-0.1, -0.05) is 25.0 Å². The summed E-state index contributed by atoms with van der Waals surface area (Å²) in [6, 6.07) is 9.27. The molecule has 0 N–H and O–H groups in total. The van der Waals surface area contributed by atoms with Crippen LogP contribution in [0.3, 0.4) is 0 Å². The molecular formula is C18H22N2. The van der Waals surface area contributed by atoms with Crippen molar-refractivity contribution < 1.29 is 0 Å². The fraction of sp³-hybridized carbons (Fsp3) is 0.389. The summed E-state index contributed by atoms with van der Waals surface area (Å²) in [7, 11) is 0. The van der Waals surface area contributed by atoms with E-state index in [1.165, 1.54) is 42.4 Å². The van der Waals surface area contributed by atoms with Gasteiger partial charge in [0.1, 0.15) is 0 Å². The SMILES string of the molecule is Cc1ccc(C)c(N=Cc2ccn(C3CCCC3)c2)c1. The molecule has 2 heteroatoms. The highest BCUT2D eigenvalue weighted by molar-refractivity contribution is 5.82. The number of aliphatic imine (C=N–C) groups is 1. The monoisotopic (exact) mass is 266 g/mol. The maximum absolute atomic E-state index is 4.64. The smallest absolute Gasteiger partial charge is 0.0661 e. The van der Waals surface area contributed by atoms with Crippen LogP contribution in [0.4, 0.5) is 5.69 Å². The van der Waals surface area contributed by atoms with Gasteiger partial charge in [-0.15, -0.1) is 0 Å². The maximum Gasteiger partial charge on any atom is 0.0661 e. The van der Waals surface area contributed by atoms with Gasteiger partial charge < -0.3 is 4.57 Å². The van der Waals surface area contributed by atoms with E-state index in [1.54, 1.807) is 0 Å². The van der Waals surface area contributed by atoms with Crippen molar-refractivity contribution in [2.45, 2.75) is 45.6 Å². The van der Waals surface area contributed by atoms with Gasteiger partial charge in [0.15, 0.2) is 0 Å². The number of hydrogen-bond acceptors (Lipinski definition) is 1. The van der Waals surface area contributed by atoms with E-state index >= 15 is 0 Å². The van der Waals surface area contributed by atoms with Crippen molar-refractivity contribution >= 4 is 11.9 Å². The molecule has 1 aliphatic carbocycles. The standard InChI is InChI=1S/C18H22N2/c1-14-7-8-15(2)18(11-14)19-12-16-9-10-20(13-16)17-5-3-4-6-17/h7-13,17H,3-6H2,1-2H3. The summed E-state index contributed by atoms with van der Waals surface area (Å²) in [5.41, 5.74) is 4.74. The van der Waals surface area contributed by atoms with Crippen LogP contribution in [0.1, 0.15) is 48.4 Å². The van der Waals surface area contributed by atoms with Crippen LogP contribution in [0.5, 0.6) is 0 Å². The molecule has 1 aromatic heterocycles. The topological polar surface area (TPSA) is 17.3 Å². The minimum Gasteiger partial charge on any atom is -0.351 e. The molecule has 1 saturated carbocycles. The van der Waals surface area contributed by atoms with E-state index < -0.39 is 0 Å². The fourth-order valence-electron chi connectivity index (χ4n) is 2.94. The van der Waals surface area contributed by atoms with E-state index in [1.807, 2.05) is 6.21 Å². The van der Waals surface area contributed by atoms with E-state index in [0.29, 0.717) is 6.04 Å². The highest BCUT2D eigenvalue weighted by Crippen LogP contribution is 2.29. The first kappa shape index (κ1) is 13.2. The Hall–Kier alpha value is -1.83. The van der Waals surface area contributed by atoms with E-state index in [2.05, 4.69) is 60.1 Å². The zero-order valence-corrected chi connectivity index (χ0v) is 12.3. The van der Waals surface area contributed by atoms with Crippen LogP contribution in [0.2, 0.25) is 0 Å². The Balaban J connectivity index is 1.77. The van der Waals surface area contributed by atoms with Crippen LogP contribution < -0.4 is 0 Å². The van der Waals surface area contributed by atoms with Crippen molar-refractivity contribution in [3.05, 3.63) is 53.3 Å². The summed E-state index contributed by atoms with van der Waals surface area (Å²) in [6.45, 7) is 4.21. The highest BCUT2D eigenvalue weighted by Gasteiger charge is 2.15. The Bertz CT molecular complexity index is 616. The lowest BCUT2D eigenvalue weighted by Gasteiger charge is -2.10. The molecule has 1 aliphatic rings. The number of hydrogen-bond donors (Lipinski definition) is 0. The van der Waals surface area contributed by atoms with Gasteiger partial charge in [0.25, 0.3) is 0 Å². The predicted octanol–water partition coefficient (Wildman–Crippen LogP) is 4.97. The minimum atomic E-state index is 0.706. The van der Waals surface area contributed by atoms with Crippen molar-refractivity contribution in [3.63, 3.8) is 0 Å². The molecule has 0 unspecified atom stereocenters. The van der Waals surface area contributed by atoms with Crippen LogP contribution in [0, 0.1) is 13.8 Å². The molecule has 2 nitrogen and oxygen atoms in total. The highest BCUT2D eigenvalue weighted by atomic mass is 15.0. The van der Waals surface area contributed by atoms with Crippen molar-refractivity contribution in [3.8, 4) is 0 Å². The minimum absolute atomic E-state index is 0.706. The van der Waals surface area contributed by atoms with Crippen LogP contribution >= 0.6 is 0 Å². The largest absolute Gasteiger partial charge is 0.351 e. The fourth-order valence-corrected chi connectivity index (χ4v) is 2.94. The lowest BCUT2D eigenvalue weighted by Crippen LogP contribution is -2.00. The van der Waals surface area contributed by atoms with Crippen LogP contribution in [-0.4, -0.2) is 10.8 Å². The molecule has 0 aliphatic heterocycles. The van der Waals surface area contributed by atoms with Crippen molar-refractivity contribution in [2.75, 3.05) is 0 Å². The zero-order chi connectivity index (χ0) is 13.9. The summed E-state index contributed by atoms with van der Waals surface area (Å²) < 4.78 is 2.36. The van der Waals surface area contributed by atoms with Gasteiger partial charge in [-0.05, 0) is 49.9 Å². The van der Waals surface area contributed by atoms with Gasteiger partial charge in [0, 0.05) is 30.2 Å². The second-order valence-corrected chi connectivity index (χ2v) is 5.88. The van der Waals surface area contributed by atoms with E-state index in [-0.39, 0.29) is 0 Å². The molecule has 0 saturated heterocycles. The number of rotatable bonds is 3. The van der Waals surface area contributed by atoms with Gasteiger partial charge >= 0.3 is 0 Å². The lowest BCUT2D eigenvalue weighted by molar-refractivity contribution is 0.521. The Morgan fingerprint density at radius 2 is 1.95 bits per heavy atom. The lowest BCUT2D eigenvalue weighted by atomic mass is 10.1. The van der Waals surface area contributed by atoms with Gasteiger partial charge in [0.2, 0.25) is 0 Å². The normalized spacial score (nSPS) is 16.3. The zero-order valence-electron chi connectivity index (χ0n) is 12.3. The molecule has 1 fully saturated rings. The molecule has 3 rings (SSSR count). The van der Waals surface area contributed by atoms with E-state index in [4.69, 9.17) is 0 Å².